The summed E-state index contributed by atoms with van der Waals surface area (Å²) in [5.74, 6) is 0. The minimum Gasteiger partial charge on any atom is -0.465 e. The van der Waals surface area contributed by atoms with Gasteiger partial charge in [0.1, 0.15) is 0 Å². The van der Waals surface area contributed by atoms with E-state index in [-0.39, 0.29) is 34.5 Å². The van der Waals surface area contributed by atoms with Crippen LogP contribution in [0.4, 0.5) is 16.2 Å². The second-order valence-electron chi connectivity index (χ2n) is 18.1. The molecule has 4 aromatic rings. The van der Waals surface area contributed by atoms with E-state index in [4.69, 9.17) is 15.4 Å². The van der Waals surface area contributed by atoms with E-state index < -0.39 is 84.2 Å². The van der Waals surface area contributed by atoms with Crippen LogP contribution in [0.1, 0.15) is 83.3 Å². The number of hydroxylamine groups is 2. The minimum absolute atomic E-state index is 0.125. The van der Waals surface area contributed by atoms with E-state index in [1.165, 1.54) is 36.4 Å². The van der Waals surface area contributed by atoms with Crippen molar-refractivity contribution in [2.24, 2.45) is 5.73 Å². The summed E-state index contributed by atoms with van der Waals surface area (Å²) in [6.07, 6.45) is 2.01. The van der Waals surface area contributed by atoms with Gasteiger partial charge in [0.2, 0.25) is 0 Å². The summed E-state index contributed by atoms with van der Waals surface area (Å²) in [6, 6.07) is 26.0. The summed E-state index contributed by atoms with van der Waals surface area (Å²) in [4.78, 5) is 45.5. The number of carboxylic acid groups (broad SMARTS) is 1. The summed E-state index contributed by atoms with van der Waals surface area (Å²) in [5, 5.41) is 54.5. The number of hydrogen-bond acceptors (Lipinski definition) is 14. The fourth-order valence-electron chi connectivity index (χ4n) is 8.23. The Morgan fingerprint density at radius 1 is 0.667 bits per heavy atom. The molecule has 0 aliphatic heterocycles. The molecule has 6 rings (SSSR count). The molecule has 2 aliphatic rings. The van der Waals surface area contributed by atoms with E-state index in [9.17, 15) is 57.2 Å². The number of aliphatic hydroxyl groups excluding tert-OH is 2. The first kappa shape index (κ1) is 54.5. The number of nitro groups is 2. The van der Waals surface area contributed by atoms with E-state index in [1.54, 1.807) is 45.0 Å². The number of carbonyl (C=O) groups is 1. The lowest BCUT2D eigenvalue weighted by molar-refractivity contribution is -0.385. The molecule has 4 atom stereocenters. The molecule has 20 nitrogen and oxygen atoms in total. The van der Waals surface area contributed by atoms with Crippen molar-refractivity contribution < 1.29 is 56.5 Å². The first-order valence-electron chi connectivity index (χ1n) is 22.7. The Balaban J connectivity index is 0.000000263. The monoisotopic (exact) mass is 998 g/mol. The summed E-state index contributed by atoms with van der Waals surface area (Å²) < 4.78 is 55.2. The Morgan fingerprint density at radius 2 is 1.06 bits per heavy atom. The van der Waals surface area contributed by atoms with E-state index in [2.05, 4.69) is 0 Å². The van der Waals surface area contributed by atoms with Gasteiger partial charge >= 0.3 is 6.09 Å². The van der Waals surface area contributed by atoms with Crippen LogP contribution in [0.5, 0.6) is 0 Å². The Kier molecular flexibility index (Phi) is 19.3. The Labute approximate surface area is 402 Å². The van der Waals surface area contributed by atoms with Crippen molar-refractivity contribution in [1.29, 1.82) is 0 Å². The maximum atomic E-state index is 13.6. The Hall–Kier alpha value is -5.43. The van der Waals surface area contributed by atoms with Gasteiger partial charge in [0.05, 0.1) is 63.2 Å². The Bertz CT molecular complexity index is 2540. The van der Waals surface area contributed by atoms with Crippen molar-refractivity contribution in [2.75, 3.05) is 13.1 Å². The molecular formula is C47H62N6O14S2. The van der Waals surface area contributed by atoms with E-state index in [0.717, 1.165) is 58.3 Å². The van der Waals surface area contributed by atoms with Crippen molar-refractivity contribution in [2.45, 2.75) is 137 Å². The van der Waals surface area contributed by atoms with Gasteiger partial charge in [0.25, 0.3) is 31.4 Å². The smallest absolute Gasteiger partial charge is 0.408 e. The normalized spacial score (nSPS) is 16.6. The van der Waals surface area contributed by atoms with Gasteiger partial charge in [-0.2, -0.15) is 0 Å². The van der Waals surface area contributed by atoms with Crippen molar-refractivity contribution >= 4 is 37.5 Å². The van der Waals surface area contributed by atoms with Crippen LogP contribution in [0.2, 0.25) is 0 Å². The fourth-order valence-corrected chi connectivity index (χ4v) is 10.9. The van der Waals surface area contributed by atoms with E-state index in [0.29, 0.717) is 36.6 Å². The summed E-state index contributed by atoms with van der Waals surface area (Å²) >= 11 is 0. The van der Waals surface area contributed by atoms with Gasteiger partial charge in [-0.25, -0.2) is 21.6 Å². The highest BCUT2D eigenvalue weighted by Crippen LogP contribution is 2.31. The molecule has 2 saturated carbocycles. The SMILES string of the molecule is CC(C)(C)N(C(=O)O)[C@@H](Cc1ccccc1)[C@H](O)CN(OC1CCCC1)S(=O)(=O)c1cccc([N+](=O)[O-])c1.N[C@@H](Cc1ccccc1)[C@H](O)CN(OC1CCCC1)S(=O)(=O)c1cccc([N+](=O)[O-])c1. The van der Waals surface area contributed by atoms with Crippen LogP contribution in [0.25, 0.3) is 0 Å². The summed E-state index contributed by atoms with van der Waals surface area (Å²) in [7, 11) is -8.70. The van der Waals surface area contributed by atoms with Crippen LogP contribution >= 0.6 is 0 Å². The van der Waals surface area contributed by atoms with Gasteiger partial charge in [0, 0.05) is 35.8 Å². The highest BCUT2D eigenvalue weighted by Gasteiger charge is 2.41. The average molecular weight is 999 g/mol. The van der Waals surface area contributed by atoms with Crippen LogP contribution in [0.3, 0.4) is 0 Å². The largest absolute Gasteiger partial charge is 0.465 e. The lowest BCUT2D eigenvalue weighted by Gasteiger charge is -2.42. The maximum absolute atomic E-state index is 13.6. The topological polar surface area (TPSA) is 287 Å². The van der Waals surface area contributed by atoms with Crippen LogP contribution < -0.4 is 5.73 Å². The number of nitro benzene ring substituents is 2. The second-order valence-corrected chi connectivity index (χ2v) is 21.7. The molecule has 0 radical (unpaired) electrons. The Morgan fingerprint density at radius 3 is 1.43 bits per heavy atom. The molecule has 1 amide bonds. The molecule has 0 heterocycles. The van der Waals surface area contributed by atoms with Crippen molar-refractivity contribution in [3.05, 3.63) is 141 Å². The molecule has 2 aliphatic carbocycles. The zero-order chi connectivity index (χ0) is 50.5. The molecule has 0 unspecified atom stereocenters. The molecule has 2 fully saturated rings. The molecule has 5 N–H and O–H groups in total. The molecule has 4 aromatic carbocycles. The van der Waals surface area contributed by atoms with Gasteiger partial charge < -0.3 is 21.1 Å². The maximum Gasteiger partial charge on any atom is 0.408 e. The third-order valence-electron chi connectivity index (χ3n) is 11.8. The van der Waals surface area contributed by atoms with Crippen LogP contribution in [0, 0.1) is 20.2 Å². The third-order valence-corrected chi connectivity index (χ3v) is 15.0. The predicted molar refractivity (Wildman–Crippen MR) is 254 cm³/mol. The number of sulfonamides is 2. The number of benzene rings is 4. The molecular weight excluding hydrogens is 937 g/mol. The lowest BCUT2D eigenvalue weighted by Crippen LogP contribution is -2.58. The number of nitrogens with zero attached hydrogens (tertiary/aromatic N) is 5. The minimum atomic E-state index is -4.45. The number of amides is 1. The van der Waals surface area contributed by atoms with Crippen molar-refractivity contribution in [3.8, 4) is 0 Å². The second kappa shape index (κ2) is 24.4. The molecule has 0 spiro atoms. The number of rotatable bonds is 21. The number of nitrogens with two attached hydrogens (primary N) is 1. The first-order chi connectivity index (χ1) is 32.6. The van der Waals surface area contributed by atoms with Gasteiger partial charge in [0.15, 0.2) is 0 Å². The van der Waals surface area contributed by atoms with E-state index >= 15 is 0 Å². The zero-order valence-electron chi connectivity index (χ0n) is 38.8. The number of aliphatic hydroxyl groups is 2. The van der Waals surface area contributed by atoms with Gasteiger partial charge in [-0.1, -0.05) is 107 Å². The first-order valence-corrected chi connectivity index (χ1v) is 25.6. The number of hydrogen-bond donors (Lipinski definition) is 4. The predicted octanol–water partition coefficient (Wildman–Crippen LogP) is 6.60. The lowest BCUT2D eigenvalue weighted by atomic mass is 9.95. The van der Waals surface area contributed by atoms with E-state index in [1.807, 2.05) is 36.4 Å². The fraction of sp³-hybridized carbons (Fsp3) is 0.468. The van der Waals surface area contributed by atoms with Crippen molar-refractivity contribution in [1.82, 2.24) is 13.8 Å². The van der Waals surface area contributed by atoms with Gasteiger partial charge in [-0.3, -0.25) is 34.8 Å². The van der Waals surface area contributed by atoms with Gasteiger partial charge in [-0.15, -0.1) is 0 Å². The van der Waals surface area contributed by atoms with Gasteiger partial charge in [-0.05, 0) is 82.6 Å². The highest BCUT2D eigenvalue weighted by atomic mass is 32.2. The summed E-state index contributed by atoms with van der Waals surface area (Å²) in [5.41, 5.74) is 6.15. The zero-order valence-corrected chi connectivity index (χ0v) is 40.4. The quantitative estimate of drug-likeness (QED) is 0.0505. The molecule has 0 aromatic heterocycles. The van der Waals surface area contributed by atoms with Crippen LogP contribution in [-0.4, -0.2) is 117 Å². The molecule has 69 heavy (non-hydrogen) atoms. The number of non-ortho nitro benzene ring substituents is 2. The molecule has 0 bridgehead atoms. The average Bonchev–Trinajstić information content (AvgIpc) is 4.04. The molecule has 22 heteroatoms. The highest BCUT2D eigenvalue weighted by molar-refractivity contribution is 7.89. The van der Waals surface area contributed by atoms with Crippen molar-refractivity contribution in [3.63, 3.8) is 0 Å². The van der Waals surface area contributed by atoms with Crippen LogP contribution in [-0.2, 0) is 42.6 Å². The standard InChI is InChI=1S/C26H35N3O8S.C21H27N3O6S/c1-26(2,3)28(25(31)32)23(16-19-10-5-4-6-11-19)24(30)18-27(37-21-13-7-8-14-21)38(35,36)22-15-9-12-20(17-22)29(33)34;22-20(13-16-7-2-1-3-8-16)21(25)15-23(30-18-10-4-5-11-18)31(28,29)19-12-6-9-17(14-19)24(26)27/h4-6,9-12,15,17,21,23-24,30H,7-8,13-14,16,18H2,1-3H3,(H,31,32);1-3,6-9,12,14,18,20-21,25H,4-5,10-11,13,15,22H2/t23-,24+;20-,21+/m00/s1. The molecule has 376 valence electrons. The van der Waals surface area contributed by atoms with Crippen LogP contribution in [0.15, 0.2) is 119 Å². The molecule has 0 saturated heterocycles. The summed E-state index contributed by atoms with van der Waals surface area (Å²) in [6.45, 7) is 4.13. The third kappa shape index (κ3) is 15.3.